The minimum atomic E-state index is -0.940. The summed E-state index contributed by atoms with van der Waals surface area (Å²) < 4.78 is 15.8. The molecule has 1 heterocycles. The molecule has 0 bridgehead atoms. The van der Waals surface area contributed by atoms with E-state index in [1.54, 1.807) is 30.3 Å². The number of ether oxygens (including phenoxy) is 3. The molecule has 27 heavy (non-hydrogen) atoms. The lowest BCUT2D eigenvalue weighted by Gasteiger charge is -2.19. The van der Waals surface area contributed by atoms with Crippen molar-refractivity contribution >= 4 is 17.6 Å². The van der Waals surface area contributed by atoms with Crippen molar-refractivity contribution in [2.75, 3.05) is 12.1 Å². The standard InChI is InChI=1S/C21H23NO5/c1-13(19(23)22-16-9-10-17-18(11-16)26-12-25-17)27-20(24)14-5-7-15(8-6-14)21(2,3)4/h5-11,13H,12H2,1-4H3,(H,22,23)/t13-/m0/s1. The van der Waals surface area contributed by atoms with E-state index in [2.05, 4.69) is 26.1 Å². The first-order valence-electron chi connectivity index (χ1n) is 8.76. The molecule has 1 amide bonds. The van der Waals surface area contributed by atoms with E-state index in [1.807, 2.05) is 12.1 Å². The first kappa shape index (κ1) is 18.8. The predicted octanol–water partition coefficient (Wildman–Crippen LogP) is 3.90. The quantitative estimate of drug-likeness (QED) is 0.828. The Hall–Kier alpha value is -3.02. The van der Waals surface area contributed by atoms with Gasteiger partial charge in [-0.3, -0.25) is 4.79 Å². The molecule has 2 aromatic rings. The van der Waals surface area contributed by atoms with Gasteiger partial charge in [-0.2, -0.15) is 0 Å². The van der Waals surface area contributed by atoms with Crippen LogP contribution < -0.4 is 14.8 Å². The summed E-state index contributed by atoms with van der Waals surface area (Å²) in [7, 11) is 0. The van der Waals surface area contributed by atoms with Gasteiger partial charge in [0.25, 0.3) is 5.91 Å². The third-order valence-corrected chi connectivity index (χ3v) is 4.28. The summed E-state index contributed by atoms with van der Waals surface area (Å²) in [5.74, 6) is 0.236. The number of nitrogens with one attached hydrogen (secondary N) is 1. The summed E-state index contributed by atoms with van der Waals surface area (Å²) in [4.78, 5) is 24.6. The maximum Gasteiger partial charge on any atom is 0.338 e. The van der Waals surface area contributed by atoms with Crippen LogP contribution in [0.5, 0.6) is 11.5 Å². The molecular weight excluding hydrogens is 346 g/mol. The minimum Gasteiger partial charge on any atom is -0.454 e. The molecular formula is C21H23NO5. The Labute approximate surface area is 158 Å². The molecule has 1 aliphatic rings. The van der Waals surface area contributed by atoms with E-state index in [1.165, 1.54) is 6.92 Å². The first-order chi connectivity index (χ1) is 12.7. The molecule has 1 N–H and O–H groups in total. The second kappa shape index (κ2) is 7.31. The minimum absolute atomic E-state index is 0.000225. The summed E-state index contributed by atoms with van der Waals surface area (Å²) >= 11 is 0. The van der Waals surface area contributed by atoms with Crippen LogP contribution in [-0.4, -0.2) is 24.8 Å². The second-order valence-electron chi connectivity index (χ2n) is 7.43. The van der Waals surface area contributed by atoms with Crippen molar-refractivity contribution in [3.05, 3.63) is 53.6 Å². The van der Waals surface area contributed by atoms with Gasteiger partial charge in [-0.1, -0.05) is 32.9 Å². The van der Waals surface area contributed by atoms with E-state index in [4.69, 9.17) is 14.2 Å². The van der Waals surface area contributed by atoms with E-state index >= 15 is 0 Å². The SMILES string of the molecule is C[C@H](OC(=O)c1ccc(C(C)(C)C)cc1)C(=O)Nc1ccc2c(c1)OCO2. The van der Waals surface area contributed by atoms with Crippen molar-refractivity contribution in [1.29, 1.82) is 0 Å². The van der Waals surface area contributed by atoms with Crippen LogP contribution in [-0.2, 0) is 14.9 Å². The monoisotopic (exact) mass is 369 g/mol. The molecule has 0 aliphatic carbocycles. The van der Waals surface area contributed by atoms with E-state index < -0.39 is 18.0 Å². The molecule has 0 saturated carbocycles. The fourth-order valence-corrected chi connectivity index (χ4v) is 2.61. The summed E-state index contributed by atoms with van der Waals surface area (Å²) in [6, 6.07) is 12.3. The maximum absolute atomic E-state index is 12.3. The zero-order valence-electron chi connectivity index (χ0n) is 15.9. The molecule has 0 saturated heterocycles. The summed E-state index contributed by atoms with van der Waals surface area (Å²) in [6.45, 7) is 7.99. The number of carbonyl (C=O) groups is 2. The molecule has 0 unspecified atom stereocenters. The van der Waals surface area contributed by atoms with Crippen molar-refractivity contribution in [1.82, 2.24) is 0 Å². The Balaban J connectivity index is 1.59. The van der Waals surface area contributed by atoms with Gasteiger partial charge in [-0.25, -0.2) is 4.79 Å². The van der Waals surface area contributed by atoms with Gasteiger partial charge in [0.1, 0.15) is 0 Å². The van der Waals surface area contributed by atoms with Crippen LogP contribution in [0.1, 0.15) is 43.6 Å². The average molecular weight is 369 g/mol. The zero-order valence-corrected chi connectivity index (χ0v) is 15.9. The Kier molecular flexibility index (Phi) is 5.08. The maximum atomic E-state index is 12.3. The third-order valence-electron chi connectivity index (χ3n) is 4.28. The van der Waals surface area contributed by atoms with Crippen LogP contribution >= 0.6 is 0 Å². The number of esters is 1. The number of carbonyl (C=O) groups excluding carboxylic acids is 2. The molecule has 0 fully saturated rings. The third kappa shape index (κ3) is 4.39. The van der Waals surface area contributed by atoms with Gasteiger partial charge in [0.2, 0.25) is 6.79 Å². The van der Waals surface area contributed by atoms with Gasteiger partial charge in [-0.05, 0) is 42.2 Å². The Morgan fingerprint density at radius 1 is 1.04 bits per heavy atom. The highest BCUT2D eigenvalue weighted by Crippen LogP contribution is 2.34. The van der Waals surface area contributed by atoms with Crippen LogP contribution in [0.25, 0.3) is 0 Å². The number of fused-ring (bicyclic) bond motifs is 1. The van der Waals surface area contributed by atoms with Gasteiger partial charge in [0.05, 0.1) is 5.56 Å². The van der Waals surface area contributed by atoms with Gasteiger partial charge in [0.15, 0.2) is 17.6 Å². The van der Waals surface area contributed by atoms with Crippen LogP contribution in [0, 0.1) is 0 Å². The second-order valence-corrected chi connectivity index (χ2v) is 7.43. The van der Waals surface area contributed by atoms with E-state index in [9.17, 15) is 9.59 Å². The molecule has 3 rings (SSSR count). The number of anilines is 1. The van der Waals surface area contributed by atoms with Gasteiger partial charge < -0.3 is 19.5 Å². The Morgan fingerprint density at radius 2 is 1.70 bits per heavy atom. The summed E-state index contributed by atoms with van der Waals surface area (Å²) in [6.07, 6.45) is -0.940. The molecule has 2 aromatic carbocycles. The van der Waals surface area contributed by atoms with Gasteiger partial charge in [-0.15, -0.1) is 0 Å². The van der Waals surface area contributed by atoms with Crippen LogP contribution in [0.3, 0.4) is 0 Å². The fraction of sp³-hybridized carbons (Fsp3) is 0.333. The van der Waals surface area contributed by atoms with Gasteiger partial charge in [0, 0.05) is 11.8 Å². The van der Waals surface area contributed by atoms with E-state index in [0.29, 0.717) is 22.7 Å². The average Bonchev–Trinajstić information content (AvgIpc) is 3.08. The highest BCUT2D eigenvalue weighted by molar-refractivity contribution is 5.97. The number of amides is 1. The van der Waals surface area contributed by atoms with E-state index in [0.717, 1.165) is 5.56 Å². The number of hydrogen-bond donors (Lipinski definition) is 1. The zero-order chi connectivity index (χ0) is 19.6. The molecule has 0 spiro atoms. The highest BCUT2D eigenvalue weighted by Gasteiger charge is 2.21. The topological polar surface area (TPSA) is 73.9 Å². The van der Waals surface area contributed by atoms with Crippen LogP contribution in [0.2, 0.25) is 0 Å². The molecule has 1 atom stereocenters. The van der Waals surface area contributed by atoms with Crippen molar-refractivity contribution in [2.24, 2.45) is 0 Å². The molecule has 6 nitrogen and oxygen atoms in total. The Morgan fingerprint density at radius 3 is 2.37 bits per heavy atom. The smallest absolute Gasteiger partial charge is 0.338 e. The molecule has 1 aliphatic heterocycles. The summed E-state index contributed by atoms with van der Waals surface area (Å²) in [5.41, 5.74) is 2.07. The molecule has 0 radical (unpaired) electrons. The normalized spacial score (nSPS) is 13.8. The van der Waals surface area contributed by atoms with Crippen LogP contribution in [0.4, 0.5) is 5.69 Å². The lowest BCUT2D eigenvalue weighted by atomic mass is 9.87. The highest BCUT2D eigenvalue weighted by atomic mass is 16.7. The first-order valence-corrected chi connectivity index (χ1v) is 8.76. The number of rotatable bonds is 4. The molecule has 142 valence electrons. The number of hydrogen-bond acceptors (Lipinski definition) is 5. The van der Waals surface area contributed by atoms with Crippen LogP contribution in [0.15, 0.2) is 42.5 Å². The largest absolute Gasteiger partial charge is 0.454 e. The lowest BCUT2D eigenvalue weighted by molar-refractivity contribution is -0.123. The van der Waals surface area contributed by atoms with Crippen molar-refractivity contribution in [2.45, 2.75) is 39.2 Å². The van der Waals surface area contributed by atoms with E-state index in [-0.39, 0.29) is 12.2 Å². The van der Waals surface area contributed by atoms with Crippen molar-refractivity contribution in [3.63, 3.8) is 0 Å². The molecule has 6 heteroatoms. The van der Waals surface area contributed by atoms with Crippen molar-refractivity contribution < 1.29 is 23.8 Å². The van der Waals surface area contributed by atoms with Crippen molar-refractivity contribution in [3.8, 4) is 11.5 Å². The predicted molar refractivity (Wildman–Crippen MR) is 101 cm³/mol. The Bertz CT molecular complexity index is 852. The number of benzene rings is 2. The lowest BCUT2D eigenvalue weighted by Crippen LogP contribution is -2.30. The fourth-order valence-electron chi connectivity index (χ4n) is 2.61. The van der Waals surface area contributed by atoms with Gasteiger partial charge >= 0.3 is 5.97 Å². The molecule has 0 aromatic heterocycles. The summed E-state index contributed by atoms with van der Waals surface area (Å²) in [5, 5.41) is 2.71.